The van der Waals surface area contributed by atoms with E-state index in [9.17, 15) is 37.1 Å². The lowest BCUT2D eigenvalue weighted by molar-refractivity contribution is -0.388. The molecule has 0 spiro atoms. The number of ether oxygens (including phenoxy) is 1. The van der Waals surface area contributed by atoms with Crippen molar-refractivity contribution in [3.63, 3.8) is 0 Å². The van der Waals surface area contributed by atoms with Crippen LogP contribution >= 0.6 is 10.7 Å². The third kappa shape index (κ3) is 11.5. The van der Waals surface area contributed by atoms with Crippen LogP contribution in [-0.4, -0.2) is 45.4 Å². The highest BCUT2D eigenvalue weighted by molar-refractivity contribution is 8.13. The van der Waals surface area contributed by atoms with Crippen LogP contribution < -0.4 is 0 Å². The quantitative estimate of drug-likeness (QED) is 0.206. The SMILES string of the molecule is C1CCOC1.N=N.N=NS(=O)(=O)c1ccccc1[N+](=O)[O-].O.O=[N+]([O-])c1ccccc1S(=O)(=O)Cl.[HH].[HH]. The summed E-state index contributed by atoms with van der Waals surface area (Å²) in [5.74, 6) is 0. The van der Waals surface area contributed by atoms with Gasteiger partial charge >= 0.3 is 10.0 Å². The van der Waals surface area contributed by atoms with Crippen molar-refractivity contribution in [3.8, 4) is 0 Å². The van der Waals surface area contributed by atoms with Gasteiger partial charge < -0.3 is 10.2 Å². The monoisotopic (exact) mass is 560 g/mol. The number of hydrogen-bond donors (Lipinski definition) is 3. The van der Waals surface area contributed by atoms with Crippen LogP contribution in [0.2, 0.25) is 0 Å². The first-order chi connectivity index (χ1) is 15.9. The first-order valence-electron chi connectivity index (χ1n) is 8.79. The van der Waals surface area contributed by atoms with E-state index >= 15 is 0 Å². The summed E-state index contributed by atoms with van der Waals surface area (Å²) in [6, 6.07) is 9.62. The molecule has 1 fully saturated rings. The van der Waals surface area contributed by atoms with E-state index in [0.29, 0.717) is 0 Å². The van der Waals surface area contributed by atoms with Crippen LogP contribution in [0.3, 0.4) is 0 Å². The van der Waals surface area contributed by atoms with E-state index in [-0.39, 0.29) is 8.33 Å². The second-order valence-corrected chi connectivity index (χ2v) is 9.88. The molecule has 2 aromatic rings. The van der Waals surface area contributed by atoms with Crippen molar-refractivity contribution in [2.75, 3.05) is 13.2 Å². The van der Waals surface area contributed by atoms with E-state index in [0.717, 1.165) is 37.5 Å². The van der Waals surface area contributed by atoms with Gasteiger partial charge in [0.05, 0.1) is 9.85 Å². The first kappa shape index (κ1) is 33.7. The van der Waals surface area contributed by atoms with Gasteiger partial charge in [0.15, 0.2) is 9.79 Å². The molecule has 0 bridgehead atoms. The summed E-state index contributed by atoms with van der Waals surface area (Å²) in [5.41, 5.74) is 15.3. The van der Waals surface area contributed by atoms with E-state index in [4.69, 9.17) is 32.0 Å². The minimum atomic E-state index is -4.22. The van der Waals surface area contributed by atoms with Gasteiger partial charge in [-0.2, -0.15) is 13.9 Å². The third-order valence-corrected chi connectivity index (χ3v) is 6.12. The zero-order valence-corrected chi connectivity index (χ0v) is 20.0. The molecular weight excluding hydrogens is 536 g/mol. The number of hydrogen-bond acceptors (Lipinski definition) is 12. The highest BCUT2D eigenvalue weighted by Gasteiger charge is 2.24. The van der Waals surface area contributed by atoms with E-state index < -0.39 is 50.1 Å². The van der Waals surface area contributed by atoms with Gasteiger partial charge in [-0.05, 0) is 25.0 Å². The topological polar surface area (TPSA) is 279 Å². The fourth-order valence-corrected chi connectivity index (χ4v) is 3.98. The smallest absolute Gasteiger partial charge is 0.306 e. The van der Waals surface area contributed by atoms with Crippen LogP contribution in [0.5, 0.6) is 0 Å². The number of nitro benzene ring substituents is 2. The summed E-state index contributed by atoms with van der Waals surface area (Å²) in [6.07, 6.45) is 2.56. The van der Waals surface area contributed by atoms with E-state index in [1.165, 1.54) is 37.1 Å². The fraction of sp³-hybridized carbons (Fsp3) is 0.250. The van der Waals surface area contributed by atoms with Crippen molar-refractivity contribution >= 4 is 41.1 Å². The Morgan fingerprint density at radius 1 is 0.857 bits per heavy atom. The molecule has 1 aliphatic rings. The number of nitrogens with zero attached hydrogens (tertiary/aromatic N) is 3. The number of rotatable bonds is 5. The van der Waals surface area contributed by atoms with Gasteiger partial charge in [-0.1, -0.05) is 28.8 Å². The summed E-state index contributed by atoms with van der Waals surface area (Å²) in [5, 5.41) is 20.8. The first-order valence-corrected chi connectivity index (χ1v) is 12.5. The summed E-state index contributed by atoms with van der Waals surface area (Å²) < 4.78 is 51.1. The molecule has 0 radical (unpaired) electrons. The Labute approximate surface area is 206 Å². The number of para-hydroxylation sites is 2. The predicted octanol–water partition coefficient (Wildman–Crippen LogP) is 3.90. The van der Waals surface area contributed by atoms with Gasteiger partial charge in [0.25, 0.3) is 20.4 Å². The van der Waals surface area contributed by atoms with Crippen molar-refractivity contribution in [1.29, 1.82) is 16.6 Å². The molecule has 0 unspecified atom stereocenters. The van der Waals surface area contributed by atoms with Crippen LogP contribution in [0.15, 0.2) is 62.8 Å². The molecule has 19 heteroatoms. The molecule has 2 aromatic carbocycles. The lowest BCUT2D eigenvalue weighted by Crippen LogP contribution is -2.00. The van der Waals surface area contributed by atoms with Crippen LogP contribution in [0, 0.1) is 36.8 Å². The van der Waals surface area contributed by atoms with E-state index in [2.05, 4.69) is 4.52 Å². The average molecular weight is 561 g/mol. The van der Waals surface area contributed by atoms with E-state index in [1.54, 1.807) is 0 Å². The van der Waals surface area contributed by atoms with E-state index in [1.807, 2.05) is 0 Å². The number of benzene rings is 2. The van der Waals surface area contributed by atoms with Crippen molar-refractivity contribution < 1.29 is 39.7 Å². The van der Waals surface area contributed by atoms with Gasteiger partial charge in [0.2, 0.25) is 0 Å². The molecule has 35 heavy (non-hydrogen) atoms. The highest BCUT2D eigenvalue weighted by Crippen LogP contribution is 2.26. The molecule has 0 saturated carbocycles. The minimum absolute atomic E-state index is 0. The standard InChI is InChI=1S/C6H4ClNO4S.C6H5N3O4S.C4H8O.H2N2.H2O.2H2/c7-13(11,12)6-4-2-1-3-5(6)8(9)10;7-8-14(12,13)6-4-2-1-3-5(6)9(10)11;1-2-4-5-3-1;1-2;;;/h1-4H;1-4,7H;1-4H2;1-2H;1H2;2*1H. The average Bonchev–Trinajstić information content (AvgIpc) is 3.40. The number of halogens is 1. The molecule has 1 heterocycles. The van der Waals surface area contributed by atoms with Crippen LogP contribution in [-0.2, 0) is 23.8 Å². The molecule has 5 N–H and O–H groups in total. The second kappa shape index (κ2) is 16.2. The van der Waals surface area contributed by atoms with Crippen molar-refractivity contribution in [2.45, 2.75) is 22.6 Å². The van der Waals surface area contributed by atoms with Crippen LogP contribution in [0.4, 0.5) is 11.4 Å². The number of nitrogens with one attached hydrogen (secondary N) is 3. The van der Waals surface area contributed by atoms with Crippen molar-refractivity contribution in [2.24, 2.45) is 4.52 Å². The molecule has 3 rings (SSSR count). The Balaban J connectivity index is -0.000000220. The lowest BCUT2D eigenvalue weighted by atomic mass is 10.3. The van der Waals surface area contributed by atoms with Crippen molar-refractivity contribution in [1.82, 2.24) is 0 Å². The molecule has 1 saturated heterocycles. The van der Waals surface area contributed by atoms with Gasteiger partial charge in [-0.15, -0.1) is 0 Å². The number of nitro groups is 2. The third-order valence-electron chi connectivity index (χ3n) is 3.61. The minimum Gasteiger partial charge on any atom is -0.412 e. The fourth-order valence-electron chi connectivity index (χ4n) is 2.20. The molecule has 0 amide bonds. The maximum atomic E-state index is 11.1. The van der Waals surface area contributed by atoms with Crippen LogP contribution in [0.1, 0.15) is 15.7 Å². The summed E-state index contributed by atoms with van der Waals surface area (Å²) >= 11 is 0. The molecule has 1 aliphatic heterocycles. The molecule has 0 aromatic heterocycles. The predicted molar refractivity (Wildman–Crippen MR) is 125 cm³/mol. The van der Waals surface area contributed by atoms with Crippen molar-refractivity contribution in [3.05, 3.63) is 68.8 Å². The highest BCUT2D eigenvalue weighted by atomic mass is 35.7. The number of sulfonamides is 1. The normalized spacial score (nSPS) is 12.0. The van der Waals surface area contributed by atoms with Gasteiger partial charge in [0, 0.05) is 38.9 Å². The van der Waals surface area contributed by atoms with Gasteiger partial charge in [0.1, 0.15) is 0 Å². The van der Waals surface area contributed by atoms with Gasteiger partial charge in [-0.3, -0.25) is 20.2 Å². The maximum Gasteiger partial charge on any atom is 0.306 e. The molecular formula is C16H25ClN6O10S2. The Kier molecular flexibility index (Phi) is 15.6. The van der Waals surface area contributed by atoms with Gasteiger partial charge in [-0.25, -0.2) is 19.5 Å². The second-order valence-electron chi connectivity index (χ2n) is 5.77. The zero-order chi connectivity index (χ0) is 26.4. The van der Waals surface area contributed by atoms with Crippen LogP contribution in [0.25, 0.3) is 0 Å². The maximum absolute atomic E-state index is 11.1. The Hall–Kier alpha value is -3.45. The summed E-state index contributed by atoms with van der Waals surface area (Å²) in [7, 11) is -3.30. The largest absolute Gasteiger partial charge is 0.412 e. The summed E-state index contributed by atoms with van der Waals surface area (Å²) in [4.78, 5) is 18.1. The Morgan fingerprint density at radius 2 is 1.23 bits per heavy atom. The lowest BCUT2D eigenvalue weighted by Gasteiger charge is -1.97. The zero-order valence-electron chi connectivity index (χ0n) is 17.7. The molecule has 0 atom stereocenters. The molecule has 198 valence electrons. The Bertz CT molecular complexity index is 1210. The Morgan fingerprint density at radius 3 is 1.51 bits per heavy atom. The summed E-state index contributed by atoms with van der Waals surface area (Å²) in [6.45, 7) is 2.00. The molecule has 0 aliphatic carbocycles. The molecule has 16 nitrogen and oxygen atoms in total.